The van der Waals surface area contributed by atoms with Crippen LogP contribution in [0.25, 0.3) is 0 Å². The summed E-state index contributed by atoms with van der Waals surface area (Å²) in [6.45, 7) is 0.228. The van der Waals surface area contributed by atoms with Crippen molar-refractivity contribution in [1.29, 1.82) is 0 Å². The lowest BCUT2D eigenvalue weighted by molar-refractivity contribution is 0.135. The van der Waals surface area contributed by atoms with Crippen LogP contribution in [-0.4, -0.2) is 21.2 Å². The minimum atomic E-state index is -1.10. The largest absolute Gasteiger partial charge is 0.508 e. The van der Waals surface area contributed by atoms with Crippen LogP contribution in [0.2, 0.25) is 0 Å². The third-order valence-corrected chi connectivity index (χ3v) is 3.53. The molecule has 1 atom stereocenters. The second-order valence-corrected chi connectivity index (χ2v) is 4.71. The van der Waals surface area contributed by atoms with Gasteiger partial charge in [0.25, 0.3) is 0 Å². The lowest BCUT2D eigenvalue weighted by Gasteiger charge is -2.23. The summed E-state index contributed by atoms with van der Waals surface area (Å²) in [5.74, 6) is -0.619. The van der Waals surface area contributed by atoms with E-state index in [1.165, 1.54) is 17.0 Å². The molecule has 1 unspecified atom stereocenters. The number of phenolic OH excluding ortho intramolecular Hbond substituents is 1. The average Bonchev–Trinajstić information content (AvgIpc) is 2.81. The van der Waals surface area contributed by atoms with Gasteiger partial charge in [0, 0.05) is 5.56 Å². The third-order valence-electron chi connectivity index (χ3n) is 3.53. The Bertz CT molecular complexity index is 687. The van der Waals surface area contributed by atoms with Gasteiger partial charge in [0.15, 0.2) is 0 Å². The fourth-order valence-electron chi connectivity index (χ4n) is 2.65. The molecule has 102 valence electrons. The molecular weight excluding hydrogens is 261 g/mol. The van der Waals surface area contributed by atoms with Crippen LogP contribution in [0.15, 0.2) is 42.5 Å². The Hall–Kier alpha value is -2.56. The molecular formula is C15H12FNO3. The molecule has 1 aliphatic heterocycles. The number of aromatic hydroxyl groups is 1. The molecule has 0 saturated heterocycles. The fourth-order valence-corrected chi connectivity index (χ4v) is 2.65. The molecule has 1 heterocycles. The first-order valence-electron chi connectivity index (χ1n) is 6.13. The lowest BCUT2D eigenvalue weighted by atomic mass is 9.97. The van der Waals surface area contributed by atoms with Crippen molar-refractivity contribution in [3.63, 3.8) is 0 Å². The Kier molecular flexibility index (Phi) is 2.82. The van der Waals surface area contributed by atoms with E-state index in [9.17, 15) is 19.4 Å². The Balaban J connectivity index is 2.18. The van der Waals surface area contributed by atoms with Gasteiger partial charge in [-0.1, -0.05) is 24.3 Å². The monoisotopic (exact) mass is 273 g/mol. The van der Waals surface area contributed by atoms with Crippen molar-refractivity contribution in [1.82, 2.24) is 4.90 Å². The Morgan fingerprint density at radius 3 is 2.70 bits per heavy atom. The van der Waals surface area contributed by atoms with Gasteiger partial charge in [-0.2, -0.15) is 0 Å². The predicted octanol–water partition coefficient (Wildman–Crippen LogP) is 3.11. The molecule has 0 fully saturated rings. The van der Waals surface area contributed by atoms with Crippen molar-refractivity contribution in [3.8, 4) is 5.75 Å². The van der Waals surface area contributed by atoms with Crippen LogP contribution in [0.1, 0.15) is 22.7 Å². The SMILES string of the molecule is O=C(O)N1Cc2ccccc2C1c1cc(F)ccc1O. The van der Waals surface area contributed by atoms with Crippen LogP contribution in [0.3, 0.4) is 0 Å². The highest BCUT2D eigenvalue weighted by molar-refractivity contribution is 5.69. The smallest absolute Gasteiger partial charge is 0.408 e. The van der Waals surface area contributed by atoms with E-state index in [2.05, 4.69) is 0 Å². The van der Waals surface area contributed by atoms with E-state index in [0.717, 1.165) is 17.2 Å². The molecule has 2 aromatic carbocycles. The van der Waals surface area contributed by atoms with E-state index >= 15 is 0 Å². The summed E-state index contributed by atoms with van der Waals surface area (Å²) in [5, 5.41) is 19.3. The maximum atomic E-state index is 13.4. The zero-order chi connectivity index (χ0) is 14.3. The topological polar surface area (TPSA) is 60.8 Å². The van der Waals surface area contributed by atoms with Crippen molar-refractivity contribution >= 4 is 6.09 Å². The summed E-state index contributed by atoms with van der Waals surface area (Å²) < 4.78 is 13.4. The van der Waals surface area contributed by atoms with Gasteiger partial charge in [-0.05, 0) is 29.3 Å². The Labute approximate surface area is 114 Å². The van der Waals surface area contributed by atoms with Crippen LogP contribution < -0.4 is 0 Å². The van der Waals surface area contributed by atoms with Crippen LogP contribution in [-0.2, 0) is 6.54 Å². The van der Waals surface area contributed by atoms with Crippen molar-refractivity contribution in [2.45, 2.75) is 12.6 Å². The van der Waals surface area contributed by atoms with Crippen LogP contribution in [0, 0.1) is 5.82 Å². The molecule has 2 N–H and O–H groups in total. The van der Waals surface area contributed by atoms with Gasteiger partial charge >= 0.3 is 6.09 Å². The first kappa shape index (κ1) is 12.5. The van der Waals surface area contributed by atoms with E-state index in [-0.39, 0.29) is 17.9 Å². The highest BCUT2D eigenvalue weighted by Gasteiger charge is 2.36. The van der Waals surface area contributed by atoms with E-state index in [4.69, 9.17) is 0 Å². The van der Waals surface area contributed by atoms with E-state index in [1.54, 1.807) is 12.1 Å². The van der Waals surface area contributed by atoms with E-state index in [0.29, 0.717) is 0 Å². The van der Waals surface area contributed by atoms with E-state index < -0.39 is 18.0 Å². The summed E-state index contributed by atoms with van der Waals surface area (Å²) >= 11 is 0. The average molecular weight is 273 g/mol. The number of hydrogen-bond donors (Lipinski definition) is 2. The van der Waals surface area contributed by atoms with Crippen molar-refractivity contribution in [3.05, 3.63) is 65.0 Å². The summed E-state index contributed by atoms with van der Waals surface area (Å²) in [6.07, 6.45) is -1.10. The van der Waals surface area contributed by atoms with Gasteiger partial charge in [0.05, 0.1) is 12.6 Å². The van der Waals surface area contributed by atoms with Crippen LogP contribution >= 0.6 is 0 Å². The van der Waals surface area contributed by atoms with Crippen LogP contribution in [0.4, 0.5) is 9.18 Å². The second-order valence-electron chi connectivity index (χ2n) is 4.71. The summed E-state index contributed by atoms with van der Waals surface area (Å²) in [7, 11) is 0. The van der Waals surface area contributed by atoms with Crippen molar-refractivity contribution in [2.24, 2.45) is 0 Å². The fraction of sp³-hybridized carbons (Fsp3) is 0.133. The minimum absolute atomic E-state index is 0.112. The van der Waals surface area contributed by atoms with Gasteiger partial charge in [-0.3, -0.25) is 4.90 Å². The summed E-state index contributed by atoms with van der Waals surface area (Å²) in [5.41, 5.74) is 1.90. The Morgan fingerprint density at radius 2 is 1.95 bits per heavy atom. The number of halogens is 1. The molecule has 3 rings (SSSR count). The first-order valence-corrected chi connectivity index (χ1v) is 6.13. The number of carbonyl (C=O) groups is 1. The Morgan fingerprint density at radius 1 is 1.20 bits per heavy atom. The van der Waals surface area contributed by atoms with Crippen molar-refractivity contribution < 1.29 is 19.4 Å². The molecule has 2 aromatic rings. The second kappa shape index (κ2) is 4.52. The summed E-state index contributed by atoms with van der Waals surface area (Å²) in [6, 6.07) is 10.1. The van der Waals surface area contributed by atoms with Gasteiger partial charge in [-0.25, -0.2) is 9.18 Å². The molecule has 4 nitrogen and oxygen atoms in total. The predicted molar refractivity (Wildman–Crippen MR) is 69.9 cm³/mol. The maximum Gasteiger partial charge on any atom is 0.408 e. The number of nitrogens with zero attached hydrogens (tertiary/aromatic N) is 1. The number of benzene rings is 2. The molecule has 0 bridgehead atoms. The lowest BCUT2D eigenvalue weighted by Crippen LogP contribution is -2.28. The minimum Gasteiger partial charge on any atom is -0.508 e. The maximum absolute atomic E-state index is 13.4. The quantitative estimate of drug-likeness (QED) is 0.839. The third kappa shape index (κ3) is 1.87. The standard InChI is InChI=1S/C15H12FNO3/c16-10-5-6-13(18)12(7-10)14-11-4-2-1-3-9(11)8-17(14)15(19)20/h1-7,14,18H,8H2,(H,19,20). The molecule has 1 amide bonds. The zero-order valence-electron chi connectivity index (χ0n) is 10.5. The number of phenols is 1. The van der Waals surface area contributed by atoms with Gasteiger partial charge in [0.2, 0.25) is 0 Å². The number of hydrogen-bond acceptors (Lipinski definition) is 2. The number of carboxylic acid groups (broad SMARTS) is 1. The molecule has 0 aliphatic carbocycles. The normalized spacial score (nSPS) is 17.1. The highest BCUT2D eigenvalue weighted by atomic mass is 19.1. The number of amides is 1. The van der Waals surface area contributed by atoms with Gasteiger partial charge < -0.3 is 10.2 Å². The van der Waals surface area contributed by atoms with Crippen LogP contribution in [0.5, 0.6) is 5.75 Å². The number of rotatable bonds is 1. The van der Waals surface area contributed by atoms with Gasteiger partial charge in [0.1, 0.15) is 11.6 Å². The molecule has 0 spiro atoms. The molecule has 0 aromatic heterocycles. The van der Waals surface area contributed by atoms with Gasteiger partial charge in [-0.15, -0.1) is 0 Å². The molecule has 1 aliphatic rings. The highest BCUT2D eigenvalue weighted by Crippen LogP contribution is 2.41. The van der Waals surface area contributed by atoms with Crippen molar-refractivity contribution in [2.75, 3.05) is 0 Å². The number of fused-ring (bicyclic) bond motifs is 1. The molecule has 0 radical (unpaired) electrons. The molecule has 0 saturated carbocycles. The molecule has 5 heteroatoms. The first-order chi connectivity index (χ1) is 9.58. The zero-order valence-corrected chi connectivity index (χ0v) is 10.5. The van der Waals surface area contributed by atoms with E-state index in [1.807, 2.05) is 12.1 Å². The summed E-state index contributed by atoms with van der Waals surface area (Å²) in [4.78, 5) is 12.6. The molecule has 20 heavy (non-hydrogen) atoms.